The number of carbonyl (C=O) groups excluding carboxylic acids is 1. The van der Waals surface area contributed by atoms with E-state index in [9.17, 15) is 4.79 Å². The molecule has 4 aromatic carbocycles. The maximum atomic E-state index is 13.5. The number of hydrogen-bond donors (Lipinski definition) is 0. The molecule has 0 aromatic heterocycles. The monoisotopic (exact) mass is 694 g/mol. The lowest BCUT2D eigenvalue weighted by molar-refractivity contribution is -0.135. The van der Waals surface area contributed by atoms with Crippen LogP contribution in [0, 0.1) is 0 Å². The molecule has 1 fully saturated rings. The van der Waals surface area contributed by atoms with Crippen LogP contribution < -0.4 is 24.3 Å². The largest absolute Gasteiger partial charge is 0.493 e. The van der Waals surface area contributed by atoms with Gasteiger partial charge in [0, 0.05) is 50.7 Å². The van der Waals surface area contributed by atoms with Crippen LogP contribution in [0.25, 0.3) is 0 Å². The summed E-state index contributed by atoms with van der Waals surface area (Å²) in [4.78, 5) is 17.6. The number of hydrazone groups is 1. The van der Waals surface area contributed by atoms with Gasteiger partial charge < -0.3 is 23.8 Å². The first kappa shape index (κ1) is 32.8. The zero-order valence-corrected chi connectivity index (χ0v) is 28.1. The van der Waals surface area contributed by atoms with E-state index in [0.29, 0.717) is 45.3 Å². The molecule has 0 bridgehead atoms. The van der Waals surface area contributed by atoms with Gasteiger partial charge in [-0.15, -0.1) is 5.10 Å². The molecule has 4 aromatic rings. The van der Waals surface area contributed by atoms with Crippen molar-refractivity contribution in [2.45, 2.75) is 19.7 Å². The Kier molecular flexibility index (Phi) is 10.3. The number of nitrogens with zero attached hydrogens (tertiary/aromatic N) is 4. The maximum Gasteiger partial charge on any atom is 0.376 e. The molecule has 9 nitrogen and oxygen atoms in total. The third kappa shape index (κ3) is 7.09. The number of halogens is 3. The number of morpholine rings is 1. The van der Waals surface area contributed by atoms with Crippen molar-refractivity contribution in [2.75, 3.05) is 54.8 Å². The van der Waals surface area contributed by atoms with E-state index in [1.54, 1.807) is 49.4 Å². The van der Waals surface area contributed by atoms with Gasteiger partial charge in [0.15, 0.2) is 17.7 Å². The van der Waals surface area contributed by atoms with Gasteiger partial charge in [-0.05, 0) is 79.7 Å². The predicted octanol–water partition coefficient (Wildman–Crippen LogP) is 7.97. The predicted molar refractivity (Wildman–Crippen MR) is 186 cm³/mol. The first-order valence-electron chi connectivity index (χ1n) is 15.1. The van der Waals surface area contributed by atoms with Crippen LogP contribution in [0.4, 0.5) is 17.1 Å². The third-order valence-corrected chi connectivity index (χ3v) is 8.84. The maximum absolute atomic E-state index is 13.5. The van der Waals surface area contributed by atoms with E-state index >= 15 is 0 Å². The normalized spacial score (nSPS) is 16.2. The molecule has 2 heterocycles. The highest BCUT2D eigenvalue weighted by molar-refractivity contribution is 6.42. The summed E-state index contributed by atoms with van der Waals surface area (Å²) in [6.45, 7) is 5.08. The summed E-state index contributed by atoms with van der Waals surface area (Å²) in [5, 5.41) is 8.21. The second-order valence-corrected chi connectivity index (χ2v) is 12.0. The molecule has 0 radical (unpaired) electrons. The number of rotatable bonds is 10. The highest BCUT2D eigenvalue weighted by Gasteiger charge is 2.41. The minimum absolute atomic E-state index is 0.138. The average molecular weight is 696 g/mol. The molecule has 0 unspecified atom stereocenters. The first-order valence-corrected chi connectivity index (χ1v) is 16.3. The average Bonchev–Trinajstić information content (AvgIpc) is 3.50. The fourth-order valence-electron chi connectivity index (χ4n) is 5.54. The topological polar surface area (TPSA) is 76.1 Å². The summed E-state index contributed by atoms with van der Waals surface area (Å²) in [6.07, 6.45) is -0.606. The lowest BCUT2D eigenvalue weighted by Gasteiger charge is -2.33. The van der Waals surface area contributed by atoms with Crippen molar-refractivity contribution in [3.8, 4) is 11.5 Å². The minimum Gasteiger partial charge on any atom is -0.493 e. The van der Waals surface area contributed by atoms with Crippen molar-refractivity contribution in [3.63, 3.8) is 0 Å². The third-order valence-electron chi connectivity index (χ3n) is 7.88. The molecule has 0 N–H and O–H groups in total. The Morgan fingerprint density at radius 1 is 0.872 bits per heavy atom. The SMILES string of the molecule is CCOC(=O)C1=NN(c2ccc(Cl)cc2)[C@H](c2ccc(OCc3c(Cl)cccc3Cl)c(OC)c2)N1c1ccc(N2CCOCC2)cc1. The molecule has 1 saturated heterocycles. The number of anilines is 3. The molecule has 1 atom stereocenters. The molecule has 244 valence electrons. The first-order chi connectivity index (χ1) is 22.9. The van der Waals surface area contributed by atoms with E-state index < -0.39 is 12.1 Å². The van der Waals surface area contributed by atoms with Crippen LogP contribution >= 0.6 is 34.8 Å². The van der Waals surface area contributed by atoms with Gasteiger partial charge >= 0.3 is 5.97 Å². The Morgan fingerprint density at radius 3 is 2.19 bits per heavy atom. The summed E-state index contributed by atoms with van der Waals surface area (Å²) < 4.78 is 23.0. The minimum atomic E-state index is -0.606. The van der Waals surface area contributed by atoms with Gasteiger partial charge in [0.2, 0.25) is 5.84 Å². The van der Waals surface area contributed by atoms with Gasteiger partial charge in [-0.2, -0.15) is 0 Å². The van der Waals surface area contributed by atoms with Gasteiger partial charge in [0.05, 0.1) is 32.6 Å². The second kappa shape index (κ2) is 14.7. The molecule has 2 aliphatic rings. The van der Waals surface area contributed by atoms with Crippen molar-refractivity contribution < 1.29 is 23.7 Å². The van der Waals surface area contributed by atoms with E-state index in [1.807, 2.05) is 59.5 Å². The Balaban J connectivity index is 1.41. The van der Waals surface area contributed by atoms with Gasteiger partial charge in [-0.3, -0.25) is 4.90 Å². The molecular weight excluding hydrogens is 663 g/mol. The van der Waals surface area contributed by atoms with Gasteiger partial charge in [-0.25, -0.2) is 9.80 Å². The highest BCUT2D eigenvalue weighted by atomic mass is 35.5. The van der Waals surface area contributed by atoms with Crippen molar-refractivity contribution in [1.29, 1.82) is 0 Å². The van der Waals surface area contributed by atoms with Crippen LogP contribution in [-0.2, 0) is 20.9 Å². The van der Waals surface area contributed by atoms with E-state index in [4.69, 9.17) is 58.9 Å². The number of amidine groups is 1. The van der Waals surface area contributed by atoms with E-state index in [2.05, 4.69) is 4.90 Å². The number of hydrogen-bond acceptors (Lipinski definition) is 9. The smallest absolute Gasteiger partial charge is 0.376 e. The van der Waals surface area contributed by atoms with E-state index in [-0.39, 0.29) is 19.0 Å². The van der Waals surface area contributed by atoms with Crippen molar-refractivity contribution in [2.24, 2.45) is 5.10 Å². The van der Waals surface area contributed by atoms with Gasteiger partial charge in [-0.1, -0.05) is 46.9 Å². The molecule has 0 amide bonds. The van der Waals surface area contributed by atoms with Crippen LogP contribution in [0.15, 0.2) is 90.0 Å². The molecule has 12 heteroatoms. The molecular formula is C35H33Cl3N4O5. The summed E-state index contributed by atoms with van der Waals surface area (Å²) in [6, 6.07) is 26.3. The lowest BCUT2D eigenvalue weighted by atomic mass is 10.1. The number of carbonyl (C=O) groups is 1. The summed E-state index contributed by atoms with van der Waals surface area (Å²) in [5.74, 6) is 0.568. The standard InChI is InChI=1S/C35H33Cl3N4O5/c1-3-46-35(43)33-39-42(27-10-8-24(36)9-11-27)34(41(33)26-14-12-25(13-15-26)40-17-19-45-20-18-40)23-7-16-31(32(21-23)44-2)47-22-28-29(37)5-4-6-30(28)38/h4-16,21,34H,3,17-20,22H2,1-2H3/t34-/m1/s1. The summed E-state index contributed by atoms with van der Waals surface area (Å²) in [7, 11) is 1.57. The molecule has 2 aliphatic heterocycles. The Hall–Kier alpha value is -4.15. The van der Waals surface area contributed by atoms with Gasteiger partial charge in [0.25, 0.3) is 0 Å². The summed E-state index contributed by atoms with van der Waals surface area (Å²) >= 11 is 19.0. The van der Waals surface area contributed by atoms with Gasteiger partial charge in [0.1, 0.15) is 6.61 Å². The zero-order chi connectivity index (χ0) is 32.9. The Morgan fingerprint density at radius 2 is 1.53 bits per heavy atom. The van der Waals surface area contributed by atoms with Crippen LogP contribution in [0.2, 0.25) is 15.1 Å². The summed E-state index contributed by atoms with van der Waals surface area (Å²) in [5.41, 5.74) is 3.99. The molecule has 6 rings (SSSR count). The number of ether oxygens (including phenoxy) is 4. The highest BCUT2D eigenvalue weighted by Crippen LogP contribution is 2.42. The van der Waals surface area contributed by atoms with Crippen LogP contribution in [0.1, 0.15) is 24.2 Å². The molecule has 0 aliphatic carbocycles. The van der Waals surface area contributed by atoms with E-state index in [0.717, 1.165) is 35.7 Å². The Labute approximate surface area is 288 Å². The van der Waals surface area contributed by atoms with Crippen LogP contribution in [0.5, 0.6) is 11.5 Å². The van der Waals surface area contributed by atoms with Crippen LogP contribution in [0.3, 0.4) is 0 Å². The molecule has 47 heavy (non-hydrogen) atoms. The number of benzene rings is 4. The van der Waals surface area contributed by atoms with Crippen molar-refractivity contribution >= 4 is 63.7 Å². The van der Waals surface area contributed by atoms with Crippen molar-refractivity contribution in [3.05, 3.63) is 111 Å². The Bertz CT molecular complexity index is 1730. The van der Waals surface area contributed by atoms with Crippen molar-refractivity contribution in [1.82, 2.24) is 0 Å². The fourth-order valence-corrected chi connectivity index (χ4v) is 6.17. The molecule has 0 saturated carbocycles. The van der Waals surface area contributed by atoms with Crippen LogP contribution in [-0.4, -0.2) is 51.8 Å². The lowest BCUT2D eigenvalue weighted by Crippen LogP contribution is -2.39. The number of methoxy groups -OCH3 is 1. The fraction of sp³-hybridized carbons (Fsp3) is 0.257. The number of esters is 1. The second-order valence-electron chi connectivity index (χ2n) is 10.7. The zero-order valence-electron chi connectivity index (χ0n) is 25.9. The van der Waals surface area contributed by atoms with E-state index in [1.165, 1.54) is 0 Å². The quantitative estimate of drug-likeness (QED) is 0.155. The molecule has 0 spiro atoms.